The van der Waals surface area contributed by atoms with E-state index in [1.54, 1.807) is 25.3 Å². The van der Waals surface area contributed by atoms with Crippen molar-refractivity contribution in [3.8, 4) is 5.75 Å². The second-order valence-electron chi connectivity index (χ2n) is 3.39. The van der Waals surface area contributed by atoms with Gasteiger partial charge in [-0.05, 0) is 18.6 Å². The summed E-state index contributed by atoms with van der Waals surface area (Å²) in [4.78, 5) is 10.3. The molecule has 0 aliphatic carbocycles. The number of azo groups is 1. The molecule has 0 bridgehead atoms. The summed E-state index contributed by atoms with van der Waals surface area (Å²) in [5.41, 5.74) is 6.77. The minimum Gasteiger partial charge on any atom is -0.497 e. The Hall–Kier alpha value is -2.11. The summed E-state index contributed by atoms with van der Waals surface area (Å²) >= 11 is 0. The molecule has 92 valence electrons. The van der Waals surface area contributed by atoms with Gasteiger partial charge in [0.05, 0.1) is 19.3 Å². The third kappa shape index (κ3) is 4.50. The van der Waals surface area contributed by atoms with Crippen molar-refractivity contribution >= 4 is 17.3 Å². The number of methoxy groups -OCH3 is 1. The van der Waals surface area contributed by atoms with Crippen LogP contribution in [0.15, 0.2) is 28.4 Å². The molecule has 0 atom stereocenters. The normalized spacial score (nSPS) is 10.6. The van der Waals surface area contributed by atoms with Gasteiger partial charge in [0, 0.05) is 12.5 Å². The zero-order chi connectivity index (χ0) is 12.7. The lowest BCUT2D eigenvalue weighted by atomic mass is 10.2. The van der Waals surface area contributed by atoms with E-state index in [1.165, 1.54) is 0 Å². The summed E-state index contributed by atoms with van der Waals surface area (Å²) < 4.78 is 5.00. The first kappa shape index (κ1) is 13.0. The van der Waals surface area contributed by atoms with Crippen LogP contribution in [0.25, 0.3) is 0 Å². The molecule has 6 nitrogen and oxygen atoms in total. The molecule has 0 spiro atoms. The molecule has 3 N–H and O–H groups in total. The van der Waals surface area contributed by atoms with Crippen molar-refractivity contribution in [3.63, 3.8) is 0 Å². The van der Waals surface area contributed by atoms with Crippen LogP contribution in [0.1, 0.15) is 12.8 Å². The van der Waals surface area contributed by atoms with E-state index in [4.69, 9.17) is 15.6 Å². The Bertz CT molecular complexity index is 418. The molecule has 1 aromatic rings. The molecule has 6 heteroatoms. The third-order valence-corrected chi connectivity index (χ3v) is 2.06. The summed E-state index contributed by atoms with van der Waals surface area (Å²) in [7, 11) is 1.56. The van der Waals surface area contributed by atoms with Gasteiger partial charge in [-0.3, -0.25) is 4.79 Å². The topological polar surface area (TPSA) is 97.3 Å². The van der Waals surface area contributed by atoms with E-state index in [0.29, 0.717) is 30.1 Å². The van der Waals surface area contributed by atoms with Gasteiger partial charge >= 0.3 is 5.97 Å². The summed E-state index contributed by atoms with van der Waals surface area (Å²) in [5.74, 6) is -0.170. The highest BCUT2D eigenvalue weighted by Crippen LogP contribution is 2.26. The molecule has 0 saturated carbocycles. The number of nitrogens with zero attached hydrogens (tertiary/aromatic N) is 2. The van der Waals surface area contributed by atoms with Gasteiger partial charge in [0.1, 0.15) is 11.4 Å². The van der Waals surface area contributed by atoms with Crippen LogP contribution in [0.4, 0.5) is 11.4 Å². The largest absolute Gasteiger partial charge is 0.497 e. The maximum Gasteiger partial charge on any atom is 0.303 e. The number of carboxylic acids is 1. The van der Waals surface area contributed by atoms with Crippen LogP contribution in [0, 0.1) is 0 Å². The highest BCUT2D eigenvalue weighted by molar-refractivity contribution is 5.66. The number of benzene rings is 1. The fourth-order valence-electron chi connectivity index (χ4n) is 1.18. The zero-order valence-corrected chi connectivity index (χ0v) is 9.59. The van der Waals surface area contributed by atoms with E-state index in [9.17, 15) is 4.79 Å². The second-order valence-corrected chi connectivity index (χ2v) is 3.39. The van der Waals surface area contributed by atoms with Crippen LogP contribution in [0.5, 0.6) is 5.75 Å². The fourth-order valence-corrected chi connectivity index (χ4v) is 1.18. The van der Waals surface area contributed by atoms with Crippen molar-refractivity contribution < 1.29 is 14.6 Å². The number of aliphatic carboxylic acids is 1. The highest BCUT2D eigenvalue weighted by Gasteiger charge is 1.99. The van der Waals surface area contributed by atoms with E-state index in [-0.39, 0.29) is 6.42 Å². The number of carboxylic acid groups (broad SMARTS) is 1. The highest BCUT2D eigenvalue weighted by atomic mass is 16.5. The minimum absolute atomic E-state index is 0.0944. The number of anilines is 1. The third-order valence-electron chi connectivity index (χ3n) is 2.06. The molecular weight excluding hydrogens is 222 g/mol. The van der Waals surface area contributed by atoms with Crippen molar-refractivity contribution in [1.82, 2.24) is 0 Å². The van der Waals surface area contributed by atoms with Gasteiger partial charge in [0.25, 0.3) is 0 Å². The van der Waals surface area contributed by atoms with Crippen LogP contribution < -0.4 is 10.5 Å². The Kier molecular flexibility index (Phi) is 4.93. The molecule has 0 aromatic heterocycles. The van der Waals surface area contributed by atoms with Crippen molar-refractivity contribution in [2.75, 3.05) is 19.4 Å². The molecule has 0 radical (unpaired) electrons. The standard InChI is InChI=1S/C11H15N3O3/c1-17-8-4-5-10(9(12)7-8)14-13-6-2-3-11(15)16/h4-5,7H,2-3,6,12H2,1H3,(H,15,16). The van der Waals surface area contributed by atoms with E-state index in [2.05, 4.69) is 10.2 Å². The van der Waals surface area contributed by atoms with Crippen LogP contribution in [-0.4, -0.2) is 24.7 Å². The summed E-state index contributed by atoms with van der Waals surface area (Å²) in [5, 5.41) is 16.2. The Morgan fingerprint density at radius 3 is 2.88 bits per heavy atom. The smallest absolute Gasteiger partial charge is 0.303 e. The summed E-state index contributed by atoms with van der Waals surface area (Å²) in [6.07, 6.45) is 0.562. The summed E-state index contributed by atoms with van der Waals surface area (Å²) in [6, 6.07) is 5.10. The number of rotatable bonds is 6. The number of nitrogens with two attached hydrogens (primary N) is 1. The lowest BCUT2D eigenvalue weighted by Gasteiger charge is -2.02. The average Bonchev–Trinajstić information content (AvgIpc) is 2.30. The Labute approximate surface area is 99.1 Å². The second kappa shape index (κ2) is 6.47. The van der Waals surface area contributed by atoms with Crippen molar-refractivity contribution in [2.45, 2.75) is 12.8 Å². The minimum atomic E-state index is -0.829. The van der Waals surface area contributed by atoms with E-state index >= 15 is 0 Å². The van der Waals surface area contributed by atoms with Gasteiger partial charge in [-0.1, -0.05) is 0 Å². The Morgan fingerprint density at radius 2 is 2.29 bits per heavy atom. The van der Waals surface area contributed by atoms with Crippen LogP contribution in [0.3, 0.4) is 0 Å². The number of ether oxygens (including phenoxy) is 1. The monoisotopic (exact) mass is 237 g/mol. The summed E-state index contributed by atoms with van der Waals surface area (Å²) in [6.45, 7) is 0.373. The van der Waals surface area contributed by atoms with Crippen LogP contribution >= 0.6 is 0 Å². The lowest BCUT2D eigenvalue weighted by molar-refractivity contribution is -0.137. The van der Waals surface area contributed by atoms with Crippen molar-refractivity contribution in [2.24, 2.45) is 10.2 Å². The van der Waals surface area contributed by atoms with Gasteiger partial charge in [-0.15, -0.1) is 0 Å². The Balaban J connectivity index is 2.50. The molecule has 0 aliphatic rings. The first-order valence-electron chi connectivity index (χ1n) is 5.16. The van der Waals surface area contributed by atoms with E-state index in [0.717, 1.165) is 0 Å². The fraction of sp³-hybridized carbons (Fsp3) is 0.364. The SMILES string of the molecule is COc1ccc(N=NCCCC(=O)O)c(N)c1. The average molecular weight is 237 g/mol. The molecule has 0 heterocycles. The van der Waals surface area contributed by atoms with Gasteiger partial charge in [0.2, 0.25) is 0 Å². The molecule has 0 aliphatic heterocycles. The van der Waals surface area contributed by atoms with Gasteiger partial charge in [0.15, 0.2) is 0 Å². The number of nitrogen functional groups attached to an aromatic ring is 1. The molecule has 1 rings (SSSR count). The van der Waals surface area contributed by atoms with Gasteiger partial charge in [-0.2, -0.15) is 10.2 Å². The van der Waals surface area contributed by atoms with Crippen LogP contribution in [0.2, 0.25) is 0 Å². The van der Waals surface area contributed by atoms with E-state index in [1.807, 2.05) is 0 Å². The van der Waals surface area contributed by atoms with Crippen molar-refractivity contribution in [1.29, 1.82) is 0 Å². The molecule has 17 heavy (non-hydrogen) atoms. The molecule has 1 aromatic carbocycles. The number of hydrogen-bond acceptors (Lipinski definition) is 5. The van der Waals surface area contributed by atoms with E-state index < -0.39 is 5.97 Å². The Morgan fingerprint density at radius 1 is 1.53 bits per heavy atom. The lowest BCUT2D eigenvalue weighted by Crippen LogP contribution is -1.94. The molecule has 0 fully saturated rings. The maximum atomic E-state index is 10.3. The molecular formula is C11H15N3O3. The van der Waals surface area contributed by atoms with Crippen molar-refractivity contribution in [3.05, 3.63) is 18.2 Å². The predicted molar refractivity (Wildman–Crippen MR) is 63.7 cm³/mol. The van der Waals surface area contributed by atoms with Gasteiger partial charge in [-0.25, -0.2) is 0 Å². The molecule has 0 saturated heterocycles. The molecule has 0 amide bonds. The number of hydrogen-bond donors (Lipinski definition) is 2. The zero-order valence-electron chi connectivity index (χ0n) is 9.59. The first-order valence-corrected chi connectivity index (χ1v) is 5.16. The van der Waals surface area contributed by atoms with Crippen LogP contribution in [-0.2, 0) is 4.79 Å². The number of carbonyl (C=O) groups is 1. The molecule has 0 unspecified atom stereocenters. The quantitative estimate of drug-likeness (QED) is 0.450. The predicted octanol–water partition coefficient (Wildman–Crippen LogP) is 2.23. The first-order chi connectivity index (χ1) is 8.13. The van der Waals surface area contributed by atoms with Gasteiger partial charge < -0.3 is 15.6 Å². The maximum absolute atomic E-state index is 10.3.